The molecule has 0 aromatic heterocycles. The minimum Gasteiger partial charge on any atom is -0.497 e. The number of rotatable bonds is 5. The molecule has 0 fully saturated rings. The normalized spacial score (nSPS) is 10.9. The van der Waals surface area contributed by atoms with Crippen LogP contribution in [0.2, 0.25) is 0 Å². The van der Waals surface area contributed by atoms with Crippen LogP contribution in [0.5, 0.6) is 5.75 Å². The summed E-state index contributed by atoms with van der Waals surface area (Å²) in [5.41, 5.74) is 3.78. The lowest BCUT2D eigenvalue weighted by Crippen LogP contribution is -2.12. The Morgan fingerprint density at radius 2 is 1.78 bits per heavy atom. The number of benzene rings is 1. The van der Waals surface area contributed by atoms with Gasteiger partial charge >= 0.3 is 0 Å². The van der Waals surface area contributed by atoms with E-state index in [-0.39, 0.29) is 5.41 Å². The Morgan fingerprint density at radius 1 is 1.22 bits per heavy atom. The van der Waals surface area contributed by atoms with Gasteiger partial charge in [0.25, 0.3) is 0 Å². The molecule has 0 atom stereocenters. The molecule has 18 heavy (non-hydrogen) atoms. The second-order valence-electron chi connectivity index (χ2n) is 5.58. The van der Waals surface area contributed by atoms with Crippen LogP contribution in [0.1, 0.15) is 39.7 Å². The first-order chi connectivity index (χ1) is 8.36. The second kappa shape index (κ2) is 5.90. The highest BCUT2D eigenvalue weighted by Gasteiger charge is 2.21. The van der Waals surface area contributed by atoms with Crippen LogP contribution in [0, 0.1) is 5.41 Å². The van der Waals surface area contributed by atoms with Gasteiger partial charge in [0.15, 0.2) is 0 Å². The fourth-order valence-corrected chi connectivity index (χ4v) is 1.77. The molecule has 0 aliphatic heterocycles. The summed E-state index contributed by atoms with van der Waals surface area (Å²) in [5, 5.41) is 0. The summed E-state index contributed by atoms with van der Waals surface area (Å²) in [6.07, 6.45) is 3.29. The highest BCUT2D eigenvalue weighted by Crippen LogP contribution is 2.37. The third kappa shape index (κ3) is 3.76. The zero-order valence-corrected chi connectivity index (χ0v) is 12.2. The van der Waals surface area contributed by atoms with Crippen LogP contribution in [0.25, 0.3) is 5.57 Å². The highest BCUT2D eigenvalue weighted by atomic mass is 16.5. The number of ether oxygens (including phenoxy) is 1. The van der Waals surface area contributed by atoms with Crippen molar-refractivity contribution in [3.05, 3.63) is 48.1 Å². The van der Waals surface area contributed by atoms with Crippen molar-refractivity contribution in [3.63, 3.8) is 0 Å². The molecule has 0 heterocycles. The number of hydrogen-bond donors (Lipinski definition) is 0. The molecule has 1 aromatic carbocycles. The van der Waals surface area contributed by atoms with Crippen molar-refractivity contribution < 1.29 is 4.74 Å². The van der Waals surface area contributed by atoms with E-state index in [9.17, 15) is 0 Å². The van der Waals surface area contributed by atoms with Crippen LogP contribution in [0.3, 0.4) is 0 Å². The van der Waals surface area contributed by atoms with Gasteiger partial charge in [-0.2, -0.15) is 0 Å². The first-order valence-electron chi connectivity index (χ1n) is 6.34. The molecule has 0 bridgehead atoms. The number of allylic oxidation sites excluding steroid dienone is 3. The fraction of sp³-hybridized carbons (Fsp3) is 0.412. The van der Waals surface area contributed by atoms with Gasteiger partial charge in [-0.1, -0.05) is 44.2 Å². The van der Waals surface area contributed by atoms with Gasteiger partial charge in [-0.3, -0.25) is 0 Å². The van der Waals surface area contributed by atoms with E-state index >= 15 is 0 Å². The largest absolute Gasteiger partial charge is 0.497 e. The summed E-state index contributed by atoms with van der Waals surface area (Å²) in [6.45, 7) is 13.0. The summed E-state index contributed by atoms with van der Waals surface area (Å²) < 4.78 is 5.17. The van der Waals surface area contributed by atoms with Crippen LogP contribution < -0.4 is 4.74 Å². The molecule has 0 saturated carbocycles. The van der Waals surface area contributed by atoms with E-state index in [0.29, 0.717) is 0 Å². The zero-order chi connectivity index (χ0) is 13.8. The van der Waals surface area contributed by atoms with E-state index < -0.39 is 0 Å². The smallest absolute Gasteiger partial charge is 0.118 e. The molecular weight excluding hydrogens is 220 g/mol. The minimum absolute atomic E-state index is 0.0753. The quantitative estimate of drug-likeness (QED) is 0.655. The molecule has 1 rings (SSSR count). The minimum atomic E-state index is 0.0753. The Hall–Kier alpha value is -1.50. The Morgan fingerprint density at radius 3 is 2.22 bits per heavy atom. The molecule has 98 valence electrons. The Kier molecular flexibility index (Phi) is 4.77. The first kappa shape index (κ1) is 14.6. The van der Waals surface area contributed by atoms with Crippen molar-refractivity contribution >= 4 is 5.57 Å². The third-order valence-electron chi connectivity index (χ3n) is 3.28. The lowest BCUT2D eigenvalue weighted by atomic mass is 9.78. The fourth-order valence-electron chi connectivity index (χ4n) is 1.77. The molecule has 0 aliphatic carbocycles. The van der Waals surface area contributed by atoms with Crippen LogP contribution in [0.15, 0.2) is 42.5 Å². The Bertz CT molecular complexity index is 431. The summed E-state index contributed by atoms with van der Waals surface area (Å²) in [5.74, 6) is 0.883. The summed E-state index contributed by atoms with van der Waals surface area (Å²) >= 11 is 0. The molecular formula is C17H24O. The van der Waals surface area contributed by atoms with E-state index in [2.05, 4.69) is 52.5 Å². The van der Waals surface area contributed by atoms with Crippen molar-refractivity contribution in [1.29, 1.82) is 0 Å². The number of methoxy groups -OCH3 is 1. The van der Waals surface area contributed by atoms with Crippen molar-refractivity contribution in [2.24, 2.45) is 5.41 Å². The van der Waals surface area contributed by atoms with Crippen molar-refractivity contribution in [1.82, 2.24) is 0 Å². The molecule has 0 spiro atoms. The van der Waals surface area contributed by atoms with Crippen LogP contribution in [0.4, 0.5) is 0 Å². The maximum Gasteiger partial charge on any atom is 0.118 e. The Labute approximate surface area is 111 Å². The van der Waals surface area contributed by atoms with Crippen molar-refractivity contribution in [3.8, 4) is 5.75 Å². The predicted molar refractivity (Wildman–Crippen MR) is 79.9 cm³/mol. The maximum absolute atomic E-state index is 5.17. The molecule has 1 nitrogen and oxygen atoms in total. The van der Waals surface area contributed by atoms with Gasteiger partial charge in [-0.05, 0) is 49.0 Å². The van der Waals surface area contributed by atoms with Gasteiger partial charge < -0.3 is 4.74 Å². The third-order valence-corrected chi connectivity index (χ3v) is 3.28. The van der Waals surface area contributed by atoms with Crippen LogP contribution in [-0.4, -0.2) is 7.11 Å². The lowest BCUT2D eigenvalue weighted by Gasteiger charge is -2.26. The zero-order valence-electron chi connectivity index (χ0n) is 12.2. The van der Waals surface area contributed by atoms with Gasteiger partial charge in [0.1, 0.15) is 5.75 Å². The summed E-state index contributed by atoms with van der Waals surface area (Å²) in [4.78, 5) is 0. The van der Waals surface area contributed by atoms with Crippen LogP contribution >= 0.6 is 0 Å². The molecule has 0 aliphatic rings. The van der Waals surface area contributed by atoms with Gasteiger partial charge in [-0.15, -0.1) is 0 Å². The average molecular weight is 244 g/mol. The lowest BCUT2D eigenvalue weighted by molar-refractivity contribution is 0.414. The second-order valence-corrected chi connectivity index (χ2v) is 5.58. The molecule has 1 heteroatoms. The molecule has 0 N–H and O–H groups in total. The SMILES string of the molecule is C=C(c1ccc(OC)cc1)C(C)(C)CC=C(C)C. The topological polar surface area (TPSA) is 9.23 Å². The van der Waals surface area contributed by atoms with E-state index in [1.807, 2.05) is 12.1 Å². The monoisotopic (exact) mass is 244 g/mol. The van der Waals surface area contributed by atoms with Gasteiger partial charge in [0, 0.05) is 0 Å². The molecule has 0 radical (unpaired) electrons. The first-order valence-corrected chi connectivity index (χ1v) is 6.34. The summed E-state index contributed by atoms with van der Waals surface area (Å²) in [6, 6.07) is 8.12. The molecule has 1 aromatic rings. The van der Waals surface area contributed by atoms with Gasteiger partial charge in [0.2, 0.25) is 0 Å². The maximum atomic E-state index is 5.17. The molecule has 0 amide bonds. The highest BCUT2D eigenvalue weighted by molar-refractivity contribution is 5.68. The Balaban J connectivity index is 2.87. The molecule has 0 unspecified atom stereocenters. The summed E-state index contributed by atoms with van der Waals surface area (Å²) in [7, 11) is 1.68. The predicted octanol–water partition coefficient (Wildman–Crippen LogP) is 5.09. The van der Waals surface area contributed by atoms with Gasteiger partial charge in [-0.25, -0.2) is 0 Å². The van der Waals surface area contributed by atoms with Crippen molar-refractivity contribution in [2.45, 2.75) is 34.1 Å². The van der Waals surface area contributed by atoms with Crippen molar-refractivity contribution in [2.75, 3.05) is 7.11 Å². The van der Waals surface area contributed by atoms with Gasteiger partial charge in [0.05, 0.1) is 7.11 Å². The van der Waals surface area contributed by atoms with E-state index in [1.165, 1.54) is 16.7 Å². The van der Waals surface area contributed by atoms with Crippen LogP contribution in [-0.2, 0) is 0 Å². The standard InChI is InChI=1S/C17H24O/c1-13(2)11-12-17(4,5)14(3)15-7-9-16(18-6)10-8-15/h7-11H,3,12H2,1-2,4-6H3. The van der Waals surface area contributed by atoms with E-state index in [4.69, 9.17) is 4.74 Å². The van der Waals surface area contributed by atoms with E-state index in [0.717, 1.165) is 12.2 Å². The molecule has 0 saturated heterocycles. The number of hydrogen-bond acceptors (Lipinski definition) is 1. The average Bonchev–Trinajstić information content (AvgIpc) is 2.36. The van der Waals surface area contributed by atoms with E-state index in [1.54, 1.807) is 7.11 Å².